The molecule has 0 fully saturated rings. The van der Waals surface area contributed by atoms with Crippen molar-refractivity contribution in [1.82, 2.24) is 0 Å². The van der Waals surface area contributed by atoms with Gasteiger partial charge in [0.1, 0.15) is 5.75 Å². The predicted octanol–water partition coefficient (Wildman–Crippen LogP) is 5.77. The molecular formula is C22H22ClNO3S. The molecule has 0 unspecified atom stereocenters. The number of sulfonamides is 1. The number of aryl methyl sites for hydroxylation is 1. The first-order valence-corrected chi connectivity index (χ1v) is 10.8. The van der Waals surface area contributed by atoms with Gasteiger partial charge in [0, 0.05) is 5.02 Å². The Morgan fingerprint density at radius 2 is 1.54 bits per heavy atom. The summed E-state index contributed by atoms with van der Waals surface area (Å²) in [4.78, 5) is 0.188. The molecule has 0 spiro atoms. The number of anilines is 1. The fourth-order valence-electron chi connectivity index (χ4n) is 2.95. The van der Waals surface area contributed by atoms with Gasteiger partial charge < -0.3 is 4.74 Å². The highest BCUT2D eigenvalue weighted by Gasteiger charge is 2.17. The van der Waals surface area contributed by atoms with Crippen LogP contribution >= 0.6 is 11.6 Å². The van der Waals surface area contributed by atoms with Crippen LogP contribution in [0.15, 0.2) is 71.6 Å². The van der Waals surface area contributed by atoms with Crippen molar-refractivity contribution in [1.29, 1.82) is 0 Å². The summed E-state index contributed by atoms with van der Waals surface area (Å²) in [6.45, 7) is 2.08. The Bertz CT molecular complexity index is 1050. The van der Waals surface area contributed by atoms with E-state index in [0.29, 0.717) is 16.5 Å². The van der Waals surface area contributed by atoms with Gasteiger partial charge in [-0.3, -0.25) is 4.72 Å². The predicted molar refractivity (Wildman–Crippen MR) is 115 cm³/mol. The molecule has 0 bridgehead atoms. The van der Waals surface area contributed by atoms with Gasteiger partial charge in [-0.15, -0.1) is 0 Å². The normalized spacial score (nSPS) is 11.2. The van der Waals surface area contributed by atoms with Gasteiger partial charge in [-0.2, -0.15) is 0 Å². The molecule has 0 saturated carbocycles. The summed E-state index contributed by atoms with van der Waals surface area (Å²) < 4.78 is 33.7. The van der Waals surface area contributed by atoms with Gasteiger partial charge in [0.2, 0.25) is 0 Å². The van der Waals surface area contributed by atoms with Crippen LogP contribution in [0.2, 0.25) is 5.02 Å². The zero-order valence-electron chi connectivity index (χ0n) is 15.8. The molecule has 0 heterocycles. The molecule has 0 amide bonds. The second kappa shape index (κ2) is 8.67. The van der Waals surface area contributed by atoms with Crippen molar-refractivity contribution in [2.75, 3.05) is 11.8 Å². The van der Waals surface area contributed by atoms with Crippen LogP contribution in [-0.2, 0) is 16.4 Å². The summed E-state index contributed by atoms with van der Waals surface area (Å²) in [6, 6.07) is 19.7. The molecule has 0 atom stereocenters. The van der Waals surface area contributed by atoms with E-state index in [1.54, 1.807) is 42.5 Å². The van der Waals surface area contributed by atoms with Crippen LogP contribution in [0.3, 0.4) is 0 Å². The minimum atomic E-state index is -3.73. The molecule has 0 radical (unpaired) electrons. The molecule has 0 aliphatic carbocycles. The van der Waals surface area contributed by atoms with Gasteiger partial charge in [0.05, 0.1) is 17.7 Å². The number of nitrogens with one attached hydrogen (secondary N) is 1. The fraction of sp³-hybridized carbons (Fsp3) is 0.182. The zero-order valence-corrected chi connectivity index (χ0v) is 17.3. The first-order valence-electron chi connectivity index (χ1n) is 8.98. The van der Waals surface area contributed by atoms with Gasteiger partial charge in [0.25, 0.3) is 10.0 Å². The lowest BCUT2D eigenvalue weighted by atomic mass is 10.1. The first kappa shape index (κ1) is 20.2. The van der Waals surface area contributed by atoms with E-state index in [-0.39, 0.29) is 4.90 Å². The van der Waals surface area contributed by atoms with Crippen LogP contribution < -0.4 is 9.46 Å². The summed E-state index contributed by atoms with van der Waals surface area (Å²) >= 11 is 5.92. The lowest BCUT2D eigenvalue weighted by Gasteiger charge is -2.14. The van der Waals surface area contributed by atoms with E-state index in [9.17, 15) is 8.42 Å². The molecule has 3 rings (SSSR count). The Morgan fingerprint density at radius 3 is 2.11 bits per heavy atom. The first-order chi connectivity index (χ1) is 13.4. The number of methoxy groups -OCH3 is 1. The van der Waals surface area contributed by atoms with E-state index in [1.807, 2.05) is 24.3 Å². The van der Waals surface area contributed by atoms with E-state index >= 15 is 0 Å². The highest BCUT2D eigenvalue weighted by Crippen LogP contribution is 2.29. The number of benzene rings is 3. The molecule has 3 aromatic carbocycles. The van der Waals surface area contributed by atoms with Crippen molar-refractivity contribution in [3.05, 3.63) is 77.3 Å². The van der Waals surface area contributed by atoms with Gasteiger partial charge >= 0.3 is 0 Å². The number of hydrogen-bond donors (Lipinski definition) is 1. The van der Waals surface area contributed by atoms with E-state index in [2.05, 4.69) is 11.6 Å². The Kier molecular flexibility index (Phi) is 6.27. The fourth-order valence-corrected chi connectivity index (χ4v) is 4.14. The Hall–Kier alpha value is -2.50. The lowest BCUT2D eigenvalue weighted by molar-refractivity contribution is 0.416. The molecule has 0 aromatic heterocycles. The van der Waals surface area contributed by atoms with Crippen LogP contribution in [0.1, 0.15) is 18.9 Å². The third kappa shape index (κ3) is 4.66. The lowest BCUT2D eigenvalue weighted by Crippen LogP contribution is -2.13. The van der Waals surface area contributed by atoms with Crippen LogP contribution in [-0.4, -0.2) is 15.5 Å². The number of hydrogen-bond acceptors (Lipinski definition) is 3. The van der Waals surface area contributed by atoms with Gasteiger partial charge in [-0.1, -0.05) is 55.3 Å². The van der Waals surface area contributed by atoms with Crippen molar-refractivity contribution in [3.8, 4) is 16.9 Å². The van der Waals surface area contributed by atoms with Crippen LogP contribution in [0.25, 0.3) is 11.1 Å². The summed E-state index contributed by atoms with van der Waals surface area (Å²) in [7, 11) is -2.21. The second-order valence-electron chi connectivity index (χ2n) is 6.42. The van der Waals surface area contributed by atoms with Crippen molar-refractivity contribution in [2.45, 2.75) is 24.7 Å². The topological polar surface area (TPSA) is 55.4 Å². The van der Waals surface area contributed by atoms with Gasteiger partial charge in [0.15, 0.2) is 0 Å². The summed E-state index contributed by atoms with van der Waals surface area (Å²) in [5, 5.41) is 0.659. The third-order valence-corrected chi connectivity index (χ3v) is 6.02. The summed E-state index contributed by atoms with van der Waals surface area (Å²) in [5.74, 6) is 0.487. The maximum atomic E-state index is 12.8. The van der Waals surface area contributed by atoms with Gasteiger partial charge in [-0.25, -0.2) is 8.42 Å². The molecule has 4 nitrogen and oxygen atoms in total. The number of rotatable bonds is 7. The second-order valence-corrected chi connectivity index (χ2v) is 8.54. The molecule has 6 heteroatoms. The molecule has 146 valence electrons. The largest absolute Gasteiger partial charge is 0.495 e. The van der Waals surface area contributed by atoms with E-state index in [4.69, 9.17) is 16.3 Å². The standard InChI is InChI=1S/C22H22ClNO3S/c1-3-4-16-5-14-22(27-2)21(15-16)24-28(25,26)20-12-8-18(9-13-20)17-6-10-19(23)11-7-17/h5-15,24H,3-4H2,1-2H3. The highest BCUT2D eigenvalue weighted by molar-refractivity contribution is 7.92. The van der Waals surface area contributed by atoms with Crippen molar-refractivity contribution in [2.24, 2.45) is 0 Å². The smallest absolute Gasteiger partial charge is 0.262 e. The Balaban J connectivity index is 1.87. The van der Waals surface area contributed by atoms with Crippen molar-refractivity contribution < 1.29 is 13.2 Å². The number of ether oxygens (including phenoxy) is 1. The molecule has 0 aliphatic rings. The molecule has 3 aromatic rings. The Labute approximate surface area is 171 Å². The van der Waals surface area contributed by atoms with Crippen molar-refractivity contribution in [3.63, 3.8) is 0 Å². The number of halogens is 1. The maximum Gasteiger partial charge on any atom is 0.262 e. The monoisotopic (exact) mass is 415 g/mol. The average molecular weight is 416 g/mol. The van der Waals surface area contributed by atoms with Crippen LogP contribution in [0.5, 0.6) is 5.75 Å². The maximum absolute atomic E-state index is 12.8. The quantitative estimate of drug-likeness (QED) is 0.533. The molecule has 28 heavy (non-hydrogen) atoms. The van der Waals surface area contributed by atoms with Crippen molar-refractivity contribution >= 4 is 27.3 Å². The molecule has 0 saturated heterocycles. The summed E-state index contributed by atoms with van der Waals surface area (Å²) in [6.07, 6.45) is 1.85. The highest BCUT2D eigenvalue weighted by atomic mass is 35.5. The average Bonchev–Trinajstić information content (AvgIpc) is 2.69. The Morgan fingerprint density at radius 1 is 0.929 bits per heavy atom. The zero-order chi connectivity index (χ0) is 20.1. The SMILES string of the molecule is CCCc1ccc(OC)c(NS(=O)(=O)c2ccc(-c3ccc(Cl)cc3)cc2)c1. The summed E-state index contributed by atoms with van der Waals surface area (Å²) in [5.41, 5.74) is 3.38. The van der Waals surface area contributed by atoms with Crippen LogP contribution in [0, 0.1) is 0 Å². The van der Waals surface area contributed by atoms with E-state index in [0.717, 1.165) is 29.5 Å². The van der Waals surface area contributed by atoms with Crippen LogP contribution in [0.4, 0.5) is 5.69 Å². The molecule has 1 N–H and O–H groups in total. The minimum Gasteiger partial charge on any atom is -0.495 e. The third-order valence-electron chi connectivity index (χ3n) is 4.39. The van der Waals surface area contributed by atoms with E-state index < -0.39 is 10.0 Å². The minimum absolute atomic E-state index is 0.188. The van der Waals surface area contributed by atoms with Gasteiger partial charge in [-0.05, 0) is 59.5 Å². The molecule has 0 aliphatic heterocycles. The molecular weight excluding hydrogens is 394 g/mol. The van der Waals surface area contributed by atoms with E-state index in [1.165, 1.54) is 7.11 Å².